The summed E-state index contributed by atoms with van der Waals surface area (Å²) in [7, 11) is 0. The number of nitrogen functional groups attached to an aromatic ring is 1. The molecule has 1 aromatic carbocycles. The van der Waals surface area contributed by atoms with Crippen LogP contribution in [-0.2, 0) is 0 Å². The van der Waals surface area contributed by atoms with Crippen molar-refractivity contribution in [3.63, 3.8) is 0 Å². The van der Waals surface area contributed by atoms with E-state index in [-0.39, 0.29) is 0 Å². The molecule has 1 fully saturated rings. The summed E-state index contributed by atoms with van der Waals surface area (Å²) < 4.78 is 0. The van der Waals surface area contributed by atoms with Gasteiger partial charge in [0.2, 0.25) is 0 Å². The van der Waals surface area contributed by atoms with Crippen LogP contribution in [0.15, 0.2) is 24.3 Å². The van der Waals surface area contributed by atoms with Crippen LogP contribution in [0.5, 0.6) is 0 Å². The second-order valence-corrected chi connectivity index (χ2v) is 5.17. The van der Waals surface area contributed by atoms with E-state index in [1.807, 2.05) is 6.07 Å². The summed E-state index contributed by atoms with van der Waals surface area (Å²) in [6, 6.07) is 8.43. The van der Waals surface area contributed by atoms with E-state index in [1.165, 1.54) is 24.8 Å². The molecule has 0 saturated heterocycles. The highest BCUT2D eigenvalue weighted by atomic mass is 14.5. The lowest BCUT2D eigenvalue weighted by Crippen LogP contribution is -2.19. The molecule has 0 bridgehead atoms. The second kappa shape index (κ2) is 4.26. The van der Waals surface area contributed by atoms with Gasteiger partial charge in [0.15, 0.2) is 0 Å². The van der Waals surface area contributed by atoms with Crippen LogP contribution in [0.4, 0.5) is 5.69 Å². The van der Waals surface area contributed by atoms with Gasteiger partial charge in [-0.2, -0.15) is 0 Å². The fourth-order valence-electron chi connectivity index (χ4n) is 2.95. The Labute approximate surface area is 92.7 Å². The normalized spacial score (nSPS) is 31.5. The molecule has 0 unspecified atom stereocenters. The van der Waals surface area contributed by atoms with E-state index in [0.717, 1.165) is 23.4 Å². The van der Waals surface area contributed by atoms with Gasteiger partial charge in [-0.1, -0.05) is 32.4 Å². The minimum absolute atomic E-state index is 0.727. The standard InChI is InChI=1S/C14H21N/c1-10-6-7-14(11(2)8-10)12-4-3-5-13(15)9-12/h3-5,9-11,14H,6-8,15H2,1-2H3/t10-,11+,14+/m1/s1. The minimum atomic E-state index is 0.727. The van der Waals surface area contributed by atoms with E-state index in [0.29, 0.717) is 0 Å². The predicted octanol–water partition coefficient (Wildman–Crippen LogP) is 3.81. The lowest BCUT2D eigenvalue weighted by molar-refractivity contribution is 0.262. The topological polar surface area (TPSA) is 26.0 Å². The number of hydrogen-bond acceptors (Lipinski definition) is 1. The molecule has 0 spiro atoms. The maximum absolute atomic E-state index is 5.84. The molecular formula is C14H21N. The average molecular weight is 203 g/mol. The molecule has 1 aliphatic carbocycles. The molecular weight excluding hydrogens is 182 g/mol. The molecule has 0 heterocycles. The maximum atomic E-state index is 5.84. The molecule has 82 valence electrons. The Hall–Kier alpha value is -0.980. The first kappa shape index (κ1) is 10.5. The molecule has 3 atom stereocenters. The number of benzene rings is 1. The van der Waals surface area contributed by atoms with E-state index < -0.39 is 0 Å². The first-order valence-electron chi connectivity index (χ1n) is 6.02. The highest BCUT2D eigenvalue weighted by molar-refractivity contribution is 5.42. The van der Waals surface area contributed by atoms with Gasteiger partial charge in [-0.25, -0.2) is 0 Å². The van der Waals surface area contributed by atoms with Crippen LogP contribution in [0, 0.1) is 11.8 Å². The predicted molar refractivity (Wildman–Crippen MR) is 65.8 cm³/mol. The first-order chi connectivity index (χ1) is 7.16. The quantitative estimate of drug-likeness (QED) is 0.690. The molecule has 1 aromatic rings. The second-order valence-electron chi connectivity index (χ2n) is 5.17. The molecule has 0 aliphatic heterocycles. The van der Waals surface area contributed by atoms with Gasteiger partial charge in [0, 0.05) is 5.69 Å². The molecule has 1 saturated carbocycles. The number of anilines is 1. The van der Waals surface area contributed by atoms with Crippen LogP contribution < -0.4 is 5.73 Å². The van der Waals surface area contributed by atoms with Crippen molar-refractivity contribution in [1.82, 2.24) is 0 Å². The van der Waals surface area contributed by atoms with Crippen LogP contribution in [0.2, 0.25) is 0 Å². The smallest absolute Gasteiger partial charge is 0.0316 e. The Balaban J connectivity index is 2.17. The summed E-state index contributed by atoms with van der Waals surface area (Å²) in [4.78, 5) is 0. The van der Waals surface area contributed by atoms with Gasteiger partial charge in [-0.3, -0.25) is 0 Å². The van der Waals surface area contributed by atoms with Gasteiger partial charge >= 0.3 is 0 Å². The fraction of sp³-hybridized carbons (Fsp3) is 0.571. The minimum Gasteiger partial charge on any atom is -0.399 e. The third-order valence-corrected chi connectivity index (χ3v) is 3.77. The zero-order valence-electron chi connectivity index (χ0n) is 9.74. The molecule has 0 radical (unpaired) electrons. The van der Waals surface area contributed by atoms with Crippen LogP contribution in [0.25, 0.3) is 0 Å². The molecule has 0 aromatic heterocycles. The molecule has 1 aliphatic rings. The Morgan fingerprint density at radius 2 is 2.00 bits per heavy atom. The van der Waals surface area contributed by atoms with E-state index in [4.69, 9.17) is 5.73 Å². The van der Waals surface area contributed by atoms with Crippen LogP contribution in [0.3, 0.4) is 0 Å². The van der Waals surface area contributed by atoms with Gasteiger partial charge < -0.3 is 5.73 Å². The molecule has 0 amide bonds. The Kier molecular flexibility index (Phi) is 2.99. The number of rotatable bonds is 1. The van der Waals surface area contributed by atoms with Crippen molar-refractivity contribution in [3.8, 4) is 0 Å². The SMILES string of the molecule is C[C@@H]1CC[C@H](c2cccc(N)c2)[C@@H](C)C1. The molecule has 2 rings (SSSR count). The summed E-state index contributed by atoms with van der Waals surface area (Å²) in [5, 5.41) is 0. The summed E-state index contributed by atoms with van der Waals surface area (Å²) in [5.41, 5.74) is 8.18. The lowest BCUT2D eigenvalue weighted by atomic mass is 9.72. The van der Waals surface area contributed by atoms with Gasteiger partial charge in [0.25, 0.3) is 0 Å². The van der Waals surface area contributed by atoms with Crippen molar-refractivity contribution < 1.29 is 0 Å². The number of hydrogen-bond donors (Lipinski definition) is 1. The first-order valence-corrected chi connectivity index (χ1v) is 6.02. The van der Waals surface area contributed by atoms with Gasteiger partial charge in [-0.05, 0) is 48.3 Å². The van der Waals surface area contributed by atoms with Crippen molar-refractivity contribution in [1.29, 1.82) is 0 Å². The largest absolute Gasteiger partial charge is 0.399 e. The van der Waals surface area contributed by atoms with Crippen LogP contribution >= 0.6 is 0 Å². The molecule has 2 N–H and O–H groups in total. The van der Waals surface area contributed by atoms with Crippen molar-refractivity contribution in [3.05, 3.63) is 29.8 Å². The highest BCUT2D eigenvalue weighted by Crippen LogP contribution is 2.40. The van der Waals surface area contributed by atoms with Gasteiger partial charge in [-0.15, -0.1) is 0 Å². The fourth-order valence-corrected chi connectivity index (χ4v) is 2.95. The summed E-state index contributed by atoms with van der Waals surface area (Å²) in [6.07, 6.45) is 4.05. The third-order valence-electron chi connectivity index (χ3n) is 3.77. The lowest BCUT2D eigenvalue weighted by Gasteiger charge is -2.33. The highest BCUT2D eigenvalue weighted by Gasteiger charge is 2.26. The monoisotopic (exact) mass is 203 g/mol. The maximum Gasteiger partial charge on any atom is 0.0316 e. The van der Waals surface area contributed by atoms with Gasteiger partial charge in [0.05, 0.1) is 0 Å². The zero-order valence-corrected chi connectivity index (χ0v) is 9.74. The van der Waals surface area contributed by atoms with E-state index in [9.17, 15) is 0 Å². The Morgan fingerprint density at radius 3 is 2.67 bits per heavy atom. The third kappa shape index (κ3) is 2.34. The van der Waals surface area contributed by atoms with Crippen molar-refractivity contribution in [2.75, 3.05) is 5.73 Å². The zero-order chi connectivity index (χ0) is 10.8. The van der Waals surface area contributed by atoms with E-state index >= 15 is 0 Å². The van der Waals surface area contributed by atoms with Crippen molar-refractivity contribution in [2.45, 2.75) is 39.0 Å². The summed E-state index contributed by atoms with van der Waals surface area (Å²) in [6.45, 7) is 4.75. The van der Waals surface area contributed by atoms with Gasteiger partial charge in [0.1, 0.15) is 0 Å². The van der Waals surface area contributed by atoms with E-state index in [2.05, 4.69) is 32.0 Å². The number of nitrogens with two attached hydrogens (primary N) is 1. The summed E-state index contributed by atoms with van der Waals surface area (Å²) in [5.74, 6) is 2.43. The van der Waals surface area contributed by atoms with Crippen LogP contribution in [0.1, 0.15) is 44.6 Å². The molecule has 1 heteroatoms. The van der Waals surface area contributed by atoms with Crippen LogP contribution in [-0.4, -0.2) is 0 Å². The average Bonchev–Trinajstić information content (AvgIpc) is 2.17. The van der Waals surface area contributed by atoms with Crippen molar-refractivity contribution in [2.24, 2.45) is 11.8 Å². The Morgan fingerprint density at radius 1 is 1.20 bits per heavy atom. The molecule has 1 nitrogen and oxygen atoms in total. The van der Waals surface area contributed by atoms with E-state index in [1.54, 1.807) is 0 Å². The molecule has 15 heavy (non-hydrogen) atoms. The Bertz CT molecular complexity index is 332. The van der Waals surface area contributed by atoms with Crippen molar-refractivity contribution >= 4 is 5.69 Å². The summed E-state index contributed by atoms with van der Waals surface area (Å²) >= 11 is 0.